The maximum atomic E-state index is 13.6. The molecule has 0 fully saturated rings. The van der Waals surface area contributed by atoms with Gasteiger partial charge in [0.2, 0.25) is 0 Å². The molecule has 2 rings (SSSR count). The molecule has 0 saturated heterocycles. The third-order valence-corrected chi connectivity index (χ3v) is 4.76. The second-order valence-electron chi connectivity index (χ2n) is 5.39. The van der Waals surface area contributed by atoms with Gasteiger partial charge in [0, 0.05) is 11.7 Å². The van der Waals surface area contributed by atoms with Crippen LogP contribution in [0.1, 0.15) is 35.9 Å². The Balaban J connectivity index is 2.29. The highest BCUT2D eigenvalue weighted by molar-refractivity contribution is 9.10. The third-order valence-electron chi connectivity index (χ3n) is 3.87. The van der Waals surface area contributed by atoms with Crippen molar-refractivity contribution in [1.29, 1.82) is 0 Å². The molecular formula is C16H21BrFN3. The summed E-state index contributed by atoms with van der Waals surface area (Å²) in [5, 5.41) is 4.58. The molecule has 21 heavy (non-hydrogen) atoms. The van der Waals surface area contributed by atoms with E-state index < -0.39 is 0 Å². The van der Waals surface area contributed by atoms with Crippen LogP contribution in [0.3, 0.4) is 0 Å². The van der Waals surface area contributed by atoms with Crippen LogP contribution >= 0.6 is 15.9 Å². The zero-order valence-electron chi connectivity index (χ0n) is 12.7. The molecule has 114 valence electrons. The monoisotopic (exact) mass is 353 g/mol. The van der Waals surface area contributed by atoms with Crippen molar-refractivity contribution in [3.8, 4) is 0 Å². The topological polar surface area (TPSA) is 43.8 Å². The van der Waals surface area contributed by atoms with Gasteiger partial charge in [0.1, 0.15) is 5.82 Å². The summed E-state index contributed by atoms with van der Waals surface area (Å²) in [6.07, 6.45) is 1.78. The van der Waals surface area contributed by atoms with Crippen molar-refractivity contribution in [3.63, 3.8) is 0 Å². The molecule has 1 aromatic heterocycles. The first-order valence-corrected chi connectivity index (χ1v) is 7.94. The van der Waals surface area contributed by atoms with Gasteiger partial charge in [0.05, 0.1) is 16.7 Å². The quantitative estimate of drug-likeness (QED) is 0.889. The molecule has 0 aliphatic heterocycles. The van der Waals surface area contributed by atoms with E-state index in [0.717, 1.165) is 29.8 Å². The zero-order chi connectivity index (χ0) is 15.6. The van der Waals surface area contributed by atoms with E-state index in [9.17, 15) is 4.39 Å². The van der Waals surface area contributed by atoms with Crippen molar-refractivity contribution in [2.45, 2.75) is 46.2 Å². The molecule has 1 heterocycles. The van der Waals surface area contributed by atoms with Gasteiger partial charge in [-0.15, -0.1) is 0 Å². The smallest absolute Gasteiger partial charge is 0.137 e. The SMILES string of the molecule is CCC(N)Cc1c(C)nn(Cc2cccc(F)c2Br)c1C. The molecule has 0 aliphatic carbocycles. The van der Waals surface area contributed by atoms with Gasteiger partial charge < -0.3 is 5.73 Å². The summed E-state index contributed by atoms with van der Waals surface area (Å²) >= 11 is 3.30. The molecule has 0 amide bonds. The van der Waals surface area contributed by atoms with E-state index >= 15 is 0 Å². The average molecular weight is 354 g/mol. The van der Waals surface area contributed by atoms with Crippen LogP contribution in [0.5, 0.6) is 0 Å². The minimum Gasteiger partial charge on any atom is -0.327 e. The molecule has 1 unspecified atom stereocenters. The van der Waals surface area contributed by atoms with Crippen LogP contribution < -0.4 is 5.73 Å². The molecule has 5 heteroatoms. The molecule has 2 aromatic rings. The fourth-order valence-corrected chi connectivity index (χ4v) is 2.81. The van der Waals surface area contributed by atoms with Gasteiger partial charge in [0.25, 0.3) is 0 Å². The Bertz CT molecular complexity index is 637. The Hall–Kier alpha value is -1.20. The van der Waals surface area contributed by atoms with Gasteiger partial charge in [0.15, 0.2) is 0 Å². The first-order chi connectivity index (χ1) is 9.93. The number of rotatable bonds is 5. The van der Waals surface area contributed by atoms with Gasteiger partial charge in [-0.05, 0) is 59.8 Å². The van der Waals surface area contributed by atoms with E-state index in [2.05, 4.69) is 28.0 Å². The Morgan fingerprint density at radius 2 is 2.10 bits per heavy atom. The first-order valence-electron chi connectivity index (χ1n) is 7.15. The largest absolute Gasteiger partial charge is 0.327 e. The molecule has 0 saturated carbocycles. The van der Waals surface area contributed by atoms with Crippen LogP contribution in [0.15, 0.2) is 22.7 Å². The lowest BCUT2D eigenvalue weighted by atomic mass is 10.0. The predicted molar refractivity (Wildman–Crippen MR) is 86.9 cm³/mol. The number of hydrogen-bond donors (Lipinski definition) is 1. The normalized spacial score (nSPS) is 12.7. The Morgan fingerprint density at radius 1 is 1.38 bits per heavy atom. The van der Waals surface area contributed by atoms with E-state index in [4.69, 9.17) is 5.73 Å². The Kier molecular flexibility index (Phi) is 5.17. The fourth-order valence-electron chi connectivity index (χ4n) is 2.42. The van der Waals surface area contributed by atoms with Crippen molar-refractivity contribution in [2.24, 2.45) is 5.73 Å². The molecule has 0 aliphatic rings. The van der Waals surface area contributed by atoms with Gasteiger partial charge in [-0.1, -0.05) is 19.1 Å². The Morgan fingerprint density at radius 3 is 2.76 bits per heavy atom. The summed E-state index contributed by atoms with van der Waals surface area (Å²) < 4.78 is 16.0. The summed E-state index contributed by atoms with van der Waals surface area (Å²) in [5.74, 6) is -0.248. The fraction of sp³-hybridized carbons (Fsp3) is 0.438. The van der Waals surface area contributed by atoms with E-state index in [1.165, 1.54) is 11.6 Å². The lowest BCUT2D eigenvalue weighted by molar-refractivity contribution is 0.607. The highest BCUT2D eigenvalue weighted by Gasteiger charge is 2.15. The molecule has 3 nitrogen and oxygen atoms in total. The van der Waals surface area contributed by atoms with Gasteiger partial charge in [-0.2, -0.15) is 5.10 Å². The van der Waals surface area contributed by atoms with Crippen molar-refractivity contribution >= 4 is 15.9 Å². The summed E-state index contributed by atoms with van der Waals surface area (Å²) in [5.41, 5.74) is 10.2. The number of nitrogens with zero attached hydrogens (tertiary/aromatic N) is 2. The van der Waals surface area contributed by atoms with Gasteiger partial charge >= 0.3 is 0 Å². The standard InChI is InChI=1S/C16H21BrFN3/c1-4-13(19)8-14-10(2)20-21(11(14)3)9-12-6-5-7-15(18)16(12)17/h5-7,13H,4,8-9,19H2,1-3H3. The molecular weight excluding hydrogens is 333 g/mol. The molecule has 0 radical (unpaired) electrons. The second kappa shape index (κ2) is 6.71. The number of benzene rings is 1. The summed E-state index contributed by atoms with van der Waals surface area (Å²) in [7, 11) is 0. The van der Waals surface area contributed by atoms with E-state index in [1.807, 2.05) is 24.6 Å². The van der Waals surface area contributed by atoms with E-state index in [0.29, 0.717) is 11.0 Å². The van der Waals surface area contributed by atoms with Gasteiger partial charge in [-0.25, -0.2) is 4.39 Å². The number of hydrogen-bond acceptors (Lipinski definition) is 2. The molecule has 2 N–H and O–H groups in total. The lowest BCUT2D eigenvalue weighted by Crippen LogP contribution is -2.22. The van der Waals surface area contributed by atoms with Crippen molar-refractivity contribution in [2.75, 3.05) is 0 Å². The summed E-state index contributed by atoms with van der Waals surface area (Å²) in [6.45, 7) is 6.68. The third kappa shape index (κ3) is 3.52. The van der Waals surface area contributed by atoms with Gasteiger partial charge in [-0.3, -0.25) is 4.68 Å². The number of aryl methyl sites for hydroxylation is 1. The van der Waals surface area contributed by atoms with Crippen LogP contribution in [0, 0.1) is 19.7 Å². The van der Waals surface area contributed by atoms with E-state index in [-0.39, 0.29) is 11.9 Å². The van der Waals surface area contributed by atoms with Crippen molar-refractivity contribution in [1.82, 2.24) is 9.78 Å². The summed E-state index contributed by atoms with van der Waals surface area (Å²) in [6, 6.07) is 5.22. The first kappa shape index (κ1) is 16.2. The number of aromatic nitrogens is 2. The van der Waals surface area contributed by atoms with Crippen LogP contribution in [0.2, 0.25) is 0 Å². The molecule has 0 spiro atoms. The predicted octanol–water partition coefficient (Wildman–Crippen LogP) is 3.73. The van der Waals surface area contributed by atoms with Crippen molar-refractivity contribution in [3.05, 3.63) is 51.0 Å². The number of halogens is 2. The van der Waals surface area contributed by atoms with Crippen LogP contribution in [-0.4, -0.2) is 15.8 Å². The lowest BCUT2D eigenvalue weighted by Gasteiger charge is -2.10. The highest BCUT2D eigenvalue weighted by atomic mass is 79.9. The van der Waals surface area contributed by atoms with Crippen molar-refractivity contribution < 1.29 is 4.39 Å². The second-order valence-corrected chi connectivity index (χ2v) is 6.19. The minimum atomic E-state index is -0.248. The summed E-state index contributed by atoms with van der Waals surface area (Å²) in [4.78, 5) is 0. The Labute approximate surface area is 133 Å². The maximum Gasteiger partial charge on any atom is 0.137 e. The average Bonchev–Trinajstić information content (AvgIpc) is 2.71. The van der Waals surface area contributed by atoms with Crippen LogP contribution in [0.25, 0.3) is 0 Å². The molecule has 0 bridgehead atoms. The van der Waals surface area contributed by atoms with E-state index in [1.54, 1.807) is 6.07 Å². The minimum absolute atomic E-state index is 0.154. The molecule has 1 atom stereocenters. The maximum absolute atomic E-state index is 13.6. The van der Waals surface area contributed by atoms with Crippen LogP contribution in [0.4, 0.5) is 4.39 Å². The highest BCUT2D eigenvalue weighted by Crippen LogP contribution is 2.23. The van der Waals surface area contributed by atoms with Crippen LogP contribution in [-0.2, 0) is 13.0 Å². The number of nitrogens with two attached hydrogens (primary N) is 1. The molecule has 1 aromatic carbocycles. The zero-order valence-corrected chi connectivity index (χ0v) is 14.2.